The average Bonchev–Trinajstić information content (AvgIpc) is 3.43. The van der Waals surface area contributed by atoms with Crippen LogP contribution in [0.4, 0.5) is 11.4 Å². The first-order valence-electron chi connectivity index (χ1n) is 11.9. The van der Waals surface area contributed by atoms with Gasteiger partial charge in [-0.2, -0.15) is 4.31 Å². The van der Waals surface area contributed by atoms with Crippen molar-refractivity contribution >= 4 is 48.9 Å². The van der Waals surface area contributed by atoms with Crippen molar-refractivity contribution in [1.29, 1.82) is 0 Å². The number of methoxy groups -OCH3 is 1. The van der Waals surface area contributed by atoms with Crippen molar-refractivity contribution in [2.24, 2.45) is 0 Å². The summed E-state index contributed by atoms with van der Waals surface area (Å²) in [5.74, 6) is -0.445. The second-order valence-electron chi connectivity index (χ2n) is 8.83. The van der Waals surface area contributed by atoms with Crippen molar-refractivity contribution in [2.45, 2.75) is 29.6 Å². The van der Waals surface area contributed by atoms with Gasteiger partial charge in [0.2, 0.25) is 15.9 Å². The van der Waals surface area contributed by atoms with Gasteiger partial charge in [0.1, 0.15) is 12.3 Å². The summed E-state index contributed by atoms with van der Waals surface area (Å²) in [6, 6.07) is 16.6. The fourth-order valence-electron chi connectivity index (χ4n) is 4.17. The van der Waals surface area contributed by atoms with Gasteiger partial charge in [-0.15, -0.1) is 0 Å². The largest absolute Gasteiger partial charge is 0.495 e. The molecule has 0 saturated carbocycles. The molecule has 9 nitrogen and oxygen atoms in total. The van der Waals surface area contributed by atoms with E-state index in [1.165, 1.54) is 53.9 Å². The van der Waals surface area contributed by atoms with Gasteiger partial charge in [0.15, 0.2) is 0 Å². The first-order chi connectivity index (χ1) is 18.0. The summed E-state index contributed by atoms with van der Waals surface area (Å²) < 4.78 is 61.0. The summed E-state index contributed by atoms with van der Waals surface area (Å²) in [4.78, 5) is 13.2. The maximum atomic E-state index is 13.6. The molecule has 1 aliphatic rings. The first-order valence-corrected chi connectivity index (χ1v) is 15.1. The minimum Gasteiger partial charge on any atom is -0.495 e. The molecule has 3 aromatic rings. The Morgan fingerprint density at radius 1 is 0.974 bits per heavy atom. The summed E-state index contributed by atoms with van der Waals surface area (Å²) in [5.41, 5.74) is 1.22. The Bertz CT molecular complexity index is 1540. The minimum absolute atomic E-state index is 0.0137. The molecule has 1 fully saturated rings. The normalized spacial score (nSPS) is 14.3. The van der Waals surface area contributed by atoms with Gasteiger partial charge in [0.05, 0.1) is 28.3 Å². The van der Waals surface area contributed by atoms with Crippen molar-refractivity contribution in [3.63, 3.8) is 0 Å². The predicted octanol–water partition coefficient (Wildman–Crippen LogP) is 4.28. The van der Waals surface area contributed by atoms with Crippen molar-refractivity contribution < 1.29 is 26.4 Å². The maximum Gasteiger partial charge on any atom is 0.264 e. The number of sulfonamides is 2. The van der Waals surface area contributed by atoms with Gasteiger partial charge in [0.25, 0.3) is 10.0 Å². The molecule has 3 aromatic carbocycles. The molecule has 0 spiro atoms. The number of halogens is 1. The standard InChI is InChI=1S/C26H28ClN3O6S2/c1-19-6-5-7-21(16-19)30(38(34,35)22-10-8-20(27)9-11-22)18-26(31)28-24-17-23(12-13-25(24)36-2)37(32,33)29-14-3-4-15-29/h5-13,16-17H,3-4,14-15,18H2,1-2H3,(H,28,31). The van der Waals surface area contributed by atoms with Crippen molar-refractivity contribution in [3.8, 4) is 5.75 Å². The number of carbonyl (C=O) groups excluding carboxylic acids is 1. The number of nitrogens with zero attached hydrogens (tertiary/aromatic N) is 2. The Hall–Kier alpha value is -3.12. The molecule has 0 atom stereocenters. The molecule has 38 heavy (non-hydrogen) atoms. The number of ether oxygens (including phenoxy) is 1. The van der Waals surface area contributed by atoms with Crippen LogP contribution in [0.2, 0.25) is 5.02 Å². The lowest BCUT2D eigenvalue weighted by Crippen LogP contribution is -2.38. The van der Waals surface area contributed by atoms with E-state index in [0.29, 0.717) is 23.8 Å². The van der Waals surface area contributed by atoms with Crippen LogP contribution < -0.4 is 14.4 Å². The van der Waals surface area contributed by atoms with Crippen LogP contribution in [0.3, 0.4) is 0 Å². The van der Waals surface area contributed by atoms with Crippen LogP contribution in [0.25, 0.3) is 0 Å². The monoisotopic (exact) mass is 577 g/mol. The third-order valence-electron chi connectivity index (χ3n) is 6.13. The summed E-state index contributed by atoms with van der Waals surface area (Å²) in [6.45, 7) is 2.11. The number of amides is 1. The Labute approximate surface area is 228 Å². The van der Waals surface area contributed by atoms with Crippen LogP contribution in [0.1, 0.15) is 18.4 Å². The van der Waals surface area contributed by atoms with Crippen LogP contribution in [0.15, 0.2) is 76.5 Å². The molecule has 12 heteroatoms. The van der Waals surface area contributed by atoms with Gasteiger partial charge >= 0.3 is 0 Å². The summed E-state index contributed by atoms with van der Waals surface area (Å²) in [6.07, 6.45) is 1.58. The lowest BCUT2D eigenvalue weighted by Gasteiger charge is -2.25. The molecule has 1 saturated heterocycles. The van der Waals surface area contributed by atoms with Crippen LogP contribution in [0.5, 0.6) is 5.75 Å². The van der Waals surface area contributed by atoms with Crippen LogP contribution in [-0.2, 0) is 24.8 Å². The molecule has 202 valence electrons. The van der Waals surface area contributed by atoms with E-state index >= 15 is 0 Å². The van der Waals surface area contributed by atoms with Crippen LogP contribution >= 0.6 is 11.6 Å². The number of aryl methyl sites for hydroxylation is 1. The van der Waals surface area contributed by atoms with Crippen molar-refractivity contribution in [1.82, 2.24) is 4.31 Å². The topological polar surface area (TPSA) is 113 Å². The Kier molecular flexibility index (Phi) is 8.31. The Balaban J connectivity index is 1.66. The number of hydrogen-bond donors (Lipinski definition) is 1. The lowest BCUT2D eigenvalue weighted by atomic mass is 10.2. The SMILES string of the molecule is COc1ccc(S(=O)(=O)N2CCCC2)cc1NC(=O)CN(c1cccc(C)c1)S(=O)(=O)c1ccc(Cl)cc1. The van der Waals surface area contributed by atoms with E-state index in [-0.39, 0.29) is 21.2 Å². The molecular formula is C26H28ClN3O6S2. The van der Waals surface area contributed by atoms with Gasteiger partial charge < -0.3 is 10.1 Å². The second-order valence-corrected chi connectivity index (χ2v) is 13.1. The number of benzene rings is 3. The highest BCUT2D eigenvalue weighted by Crippen LogP contribution is 2.31. The Morgan fingerprint density at radius 3 is 2.26 bits per heavy atom. The number of hydrogen-bond acceptors (Lipinski definition) is 6. The zero-order chi connectivity index (χ0) is 27.5. The predicted molar refractivity (Wildman–Crippen MR) is 147 cm³/mol. The van der Waals surface area contributed by atoms with Gasteiger partial charge in [-0.3, -0.25) is 9.10 Å². The average molecular weight is 578 g/mol. The molecule has 0 aromatic heterocycles. The fourth-order valence-corrected chi connectivity index (χ4v) is 7.26. The number of rotatable bonds is 9. The first kappa shape index (κ1) is 27.9. The van der Waals surface area contributed by atoms with Gasteiger partial charge in [0, 0.05) is 18.1 Å². The van der Waals surface area contributed by atoms with E-state index in [1.54, 1.807) is 18.2 Å². The smallest absolute Gasteiger partial charge is 0.264 e. The zero-order valence-electron chi connectivity index (χ0n) is 20.9. The third kappa shape index (κ3) is 5.96. The van der Waals surface area contributed by atoms with Gasteiger partial charge in [-0.25, -0.2) is 16.8 Å². The van der Waals surface area contributed by atoms with E-state index < -0.39 is 32.5 Å². The molecule has 0 aliphatic carbocycles. The summed E-state index contributed by atoms with van der Waals surface area (Å²) in [7, 11) is -6.51. The number of carbonyl (C=O) groups is 1. The maximum absolute atomic E-state index is 13.6. The molecule has 0 bridgehead atoms. The summed E-state index contributed by atoms with van der Waals surface area (Å²) >= 11 is 5.94. The van der Waals surface area contributed by atoms with Crippen LogP contribution in [-0.4, -0.2) is 53.8 Å². The molecule has 1 heterocycles. The molecule has 0 unspecified atom stereocenters. The molecule has 1 N–H and O–H groups in total. The molecule has 0 radical (unpaired) electrons. The van der Waals surface area contributed by atoms with Crippen molar-refractivity contribution in [3.05, 3.63) is 77.3 Å². The van der Waals surface area contributed by atoms with E-state index in [9.17, 15) is 21.6 Å². The van der Waals surface area contributed by atoms with Crippen molar-refractivity contribution in [2.75, 3.05) is 36.4 Å². The van der Waals surface area contributed by atoms with E-state index in [0.717, 1.165) is 22.7 Å². The lowest BCUT2D eigenvalue weighted by molar-refractivity contribution is -0.114. The van der Waals surface area contributed by atoms with Gasteiger partial charge in [-0.05, 0) is 79.9 Å². The number of anilines is 2. The summed E-state index contributed by atoms with van der Waals surface area (Å²) in [5, 5.41) is 3.01. The van der Waals surface area contributed by atoms with E-state index in [2.05, 4.69) is 5.32 Å². The molecule has 1 amide bonds. The zero-order valence-corrected chi connectivity index (χ0v) is 23.3. The van der Waals surface area contributed by atoms with Crippen LogP contribution in [0, 0.1) is 6.92 Å². The van der Waals surface area contributed by atoms with E-state index in [1.807, 2.05) is 13.0 Å². The number of nitrogens with one attached hydrogen (secondary N) is 1. The molecule has 1 aliphatic heterocycles. The Morgan fingerprint density at radius 2 is 1.63 bits per heavy atom. The second kappa shape index (κ2) is 11.3. The van der Waals surface area contributed by atoms with Gasteiger partial charge in [-0.1, -0.05) is 23.7 Å². The highest BCUT2D eigenvalue weighted by atomic mass is 35.5. The minimum atomic E-state index is -4.15. The fraction of sp³-hybridized carbons (Fsp3) is 0.269. The molecule has 4 rings (SSSR count). The quantitative estimate of drug-likeness (QED) is 0.406. The molecular weight excluding hydrogens is 550 g/mol. The highest BCUT2D eigenvalue weighted by molar-refractivity contribution is 7.92. The highest BCUT2D eigenvalue weighted by Gasteiger charge is 2.30. The van der Waals surface area contributed by atoms with E-state index in [4.69, 9.17) is 16.3 Å². The third-order valence-corrected chi connectivity index (χ3v) is 10.1.